The summed E-state index contributed by atoms with van der Waals surface area (Å²) in [6.45, 7) is 2.71. The fourth-order valence-corrected chi connectivity index (χ4v) is 3.98. The van der Waals surface area contributed by atoms with Crippen molar-refractivity contribution in [2.24, 2.45) is 0 Å². The molecule has 0 saturated carbocycles. The molecule has 3 heterocycles. The van der Waals surface area contributed by atoms with Crippen LogP contribution in [0.3, 0.4) is 0 Å². The highest BCUT2D eigenvalue weighted by molar-refractivity contribution is 7.08. The van der Waals surface area contributed by atoms with Crippen molar-refractivity contribution < 1.29 is 14.0 Å². The molecular formula is C20H20N4O3S. The first-order chi connectivity index (χ1) is 13.6. The Morgan fingerprint density at radius 3 is 2.75 bits per heavy atom. The van der Waals surface area contributed by atoms with Gasteiger partial charge in [-0.3, -0.25) is 9.59 Å². The zero-order valence-electron chi connectivity index (χ0n) is 15.4. The van der Waals surface area contributed by atoms with Crippen molar-refractivity contribution in [2.45, 2.75) is 25.7 Å². The van der Waals surface area contributed by atoms with Gasteiger partial charge in [0.05, 0.1) is 5.92 Å². The molecule has 4 rings (SSSR count). The highest BCUT2D eigenvalue weighted by Crippen LogP contribution is 2.29. The lowest BCUT2D eigenvalue weighted by Gasteiger charge is -2.31. The second-order valence-corrected chi connectivity index (χ2v) is 7.59. The molecule has 1 aromatic carbocycles. The van der Waals surface area contributed by atoms with Crippen molar-refractivity contribution in [3.05, 3.63) is 52.5 Å². The zero-order valence-corrected chi connectivity index (χ0v) is 16.2. The van der Waals surface area contributed by atoms with Crippen LogP contribution in [-0.2, 0) is 4.79 Å². The van der Waals surface area contributed by atoms with E-state index in [-0.39, 0.29) is 17.7 Å². The average molecular weight is 396 g/mol. The highest BCUT2D eigenvalue weighted by atomic mass is 32.1. The maximum atomic E-state index is 12.9. The molecule has 1 saturated heterocycles. The smallest absolute Gasteiger partial charge is 0.253 e. The number of likely N-dealkylation sites (tertiary alicyclic amines) is 1. The lowest BCUT2D eigenvalue weighted by atomic mass is 9.97. The Kier molecular flexibility index (Phi) is 5.21. The minimum atomic E-state index is -0.140. The molecule has 2 amide bonds. The van der Waals surface area contributed by atoms with Gasteiger partial charge in [-0.2, -0.15) is 11.3 Å². The van der Waals surface area contributed by atoms with Crippen molar-refractivity contribution in [3.8, 4) is 11.5 Å². The standard InChI is InChI=1S/C20H20N4O3S/c1-13(25)21-17-6-4-14(5-7-17)20(26)24-9-2-3-15(11-24)18-22-23-19(27-18)16-8-10-28-12-16/h4-8,10,12,15H,2-3,9,11H2,1H3,(H,21,25). The molecule has 8 heteroatoms. The molecule has 0 radical (unpaired) electrons. The van der Waals surface area contributed by atoms with Crippen LogP contribution in [0.2, 0.25) is 0 Å². The van der Waals surface area contributed by atoms with E-state index in [4.69, 9.17) is 4.42 Å². The van der Waals surface area contributed by atoms with Crippen LogP contribution in [0.15, 0.2) is 45.5 Å². The van der Waals surface area contributed by atoms with Gasteiger partial charge in [0.25, 0.3) is 5.91 Å². The van der Waals surface area contributed by atoms with Gasteiger partial charge in [-0.25, -0.2) is 0 Å². The van der Waals surface area contributed by atoms with Gasteiger partial charge in [0.1, 0.15) is 0 Å². The summed E-state index contributed by atoms with van der Waals surface area (Å²) < 4.78 is 5.86. The molecule has 1 unspecified atom stereocenters. The number of amides is 2. The number of hydrogen-bond donors (Lipinski definition) is 1. The van der Waals surface area contributed by atoms with E-state index < -0.39 is 0 Å². The first-order valence-corrected chi connectivity index (χ1v) is 10.1. The molecule has 0 aliphatic carbocycles. The lowest BCUT2D eigenvalue weighted by Crippen LogP contribution is -2.39. The summed E-state index contributed by atoms with van der Waals surface area (Å²) in [5.74, 6) is 0.972. The Balaban J connectivity index is 1.44. The number of anilines is 1. The molecule has 1 atom stereocenters. The third-order valence-corrected chi connectivity index (χ3v) is 5.40. The molecule has 1 aliphatic rings. The fraction of sp³-hybridized carbons (Fsp3) is 0.300. The van der Waals surface area contributed by atoms with Gasteiger partial charge in [-0.1, -0.05) is 0 Å². The highest BCUT2D eigenvalue weighted by Gasteiger charge is 2.29. The summed E-state index contributed by atoms with van der Waals surface area (Å²) in [6, 6.07) is 8.89. The van der Waals surface area contributed by atoms with Gasteiger partial charge in [-0.05, 0) is 48.6 Å². The second-order valence-electron chi connectivity index (χ2n) is 6.81. The molecular weight excluding hydrogens is 376 g/mol. The normalized spacial score (nSPS) is 16.8. The number of benzene rings is 1. The number of piperidine rings is 1. The molecule has 1 aliphatic heterocycles. The fourth-order valence-electron chi connectivity index (χ4n) is 3.35. The number of carbonyl (C=O) groups excluding carboxylic acids is 2. The minimum absolute atomic E-state index is 0.0309. The van der Waals surface area contributed by atoms with Gasteiger partial charge < -0.3 is 14.6 Å². The molecule has 7 nitrogen and oxygen atoms in total. The van der Waals surface area contributed by atoms with E-state index in [1.54, 1.807) is 35.6 Å². The van der Waals surface area contributed by atoms with Crippen molar-refractivity contribution >= 4 is 28.8 Å². The van der Waals surface area contributed by atoms with E-state index in [1.807, 2.05) is 21.7 Å². The molecule has 1 fully saturated rings. The number of nitrogens with one attached hydrogen (secondary N) is 1. The van der Waals surface area contributed by atoms with Crippen LogP contribution in [-0.4, -0.2) is 40.0 Å². The van der Waals surface area contributed by atoms with E-state index in [1.165, 1.54) is 6.92 Å². The molecule has 0 bridgehead atoms. The number of carbonyl (C=O) groups is 2. The summed E-state index contributed by atoms with van der Waals surface area (Å²) in [6.07, 6.45) is 1.80. The second kappa shape index (κ2) is 7.93. The summed E-state index contributed by atoms with van der Waals surface area (Å²) in [5.41, 5.74) is 2.19. The molecule has 1 N–H and O–H groups in total. The van der Waals surface area contributed by atoms with Crippen LogP contribution < -0.4 is 5.32 Å². The van der Waals surface area contributed by atoms with Gasteiger partial charge in [0, 0.05) is 42.2 Å². The van der Waals surface area contributed by atoms with Crippen LogP contribution in [0, 0.1) is 0 Å². The van der Waals surface area contributed by atoms with Gasteiger partial charge >= 0.3 is 0 Å². The number of rotatable bonds is 4. The molecule has 28 heavy (non-hydrogen) atoms. The number of hydrogen-bond acceptors (Lipinski definition) is 6. The zero-order chi connectivity index (χ0) is 19.5. The van der Waals surface area contributed by atoms with Crippen LogP contribution in [0.4, 0.5) is 5.69 Å². The Labute approximate surface area is 166 Å². The monoisotopic (exact) mass is 396 g/mol. The summed E-state index contributed by atoms with van der Waals surface area (Å²) >= 11 is 1.58. The quantitative estimate of drug-likeness (QED) is 0.725. The first-order valence-electron chi connectivity index (χ1n) is 9.13. The van der Waals surface area contributed by atoms with E-state index in [2.05, 4.69) is 15.5 Å². The molecule has 2 aromatic heterocycles. The maximum Gasteiger partial charge on any atom is 0.253 e. The lowest BCUT2D eigenvalue weighted by molar-refractivity contribution is -0.114. The van der Waals surface area contributed by atoms with E-state index in [0.29, 0.717) is 36.1 Å². The third kappa shape index (κ3) is 3.96. The Morgan fingerprint density at radius 1 is 1.21 bits per heavy atom. The van der Waals surface area contributed by atoms with E-state index in [0.717, 1.165) is 18.4 Å². The number of nitrogens with zero attached hydrogens (tertiary/aromatic N) is 3. The predicted molar refractivity (Wildman–Crippen MR) is 106 cm³/mol. The SMILES string of the molecule is CC(=O)Nc1ccc(C(=O)N2CCCC(c3nnc(-c4ccsc4)o3)C2)cc1. The third-order valence-electron chi connectivity index (χ3n) is 4.72. The van der Waals surface area contributed by atoms with E-state index in [9.17, 15) is 9.59 Å². The van der Waals surface area contributed by atoms with Gasteiger partial charge in [0.15, 0.2) is 0 Å². The average Bonchev–Trinajstić information content (AvgIpc) is 3.39. The van der Waals surface area contributed by atoms with Crippen molar-refractivity contribution in [3.63, 3.8) is 0 Å². The van der Waals surface area contributed by atoms with E-state index >= 15 is 0 Å². The minimum Gasteiger partial charge on any atom is -0.420 e. The van der Waals surface area contributed by atoms with Crippen molar-refractivity contribution in [1.82, 2.24) is 15.1 Å². The topological polar surface area (TPSA) is 88.3 Å². The largest absolute Gasteiger partial charge is 0.420 e. The number of aromatic nitrogens is 2. The Bertz CT molecular complexity index is 966. The maximum absolute atomic E-state index is 12.9. The molecule has 0 spiro atoms. The Hall–Kier alpha value is -3.00. The van der Waals surface area contributed by atoms with Crippen molar-refractivity contribution in [2.75, 3.05) is 18.4 Å². The summed E-state index contributed by atoms with van der Waals surface area (Å²) in [7, 11) is 0. The van der Waals surface area contributed by atoms with Crippen LogP contribution in [0.25, 0.3) is 11.5 Å². The van der Waals surface area contributed by atoms with Gasteiger partial charge in [0.2, 0.25) is 17.7 Å². The van der Waals surface area contributed by atoms with Crippen molar-refractivity contribution in [1.29, 1.82) is 0 Å². The van der Waals surface area contributed by atoms with Crippen LogP contribution in [0.5, 0.6) is 0 Å². The molecule has 144 valence electrons. The number of thiophene rings is 1. The molecule has 3 aromatic rings. The van der Waals surface area contributed by atoms with Gasteiger partial charge in [-0.15, -0.1) is 10.2 Å². The predicted octanol–water partition coefficient (Wildman–Crippen LogP) is 3.78. The first kappa shape index (κ1) is 18.4. The summed E-state index contributed by atoms with van der Waals surface area (Å²) in [5, 5.41) is 15.0. The van der Waals surface area contributed by atoms with Crippen LogP contribution >= 0.6 is 11.3 Å². The Morgan fingerprint density at radius 2 is 2.04 bits per heavy atom. The summed E-state index contributed by atoms with van der Waals surface area (Å²) in [4.78, 5) is 25.8. The van der Waals surface area contributed by atoms with Crippen LogP contribution in [0.1, 0.15) is 41.9 Å².